The molecule has 0 amide bonds. The molecular formula is C20H26N2O4. The molecule has 6 nitrogen and oxygen atoms in total. The molecule has 0 radical (unpaired) electrons. The summed E-state index contributed by atoms with van der Waals surface area (Å²) in [5, 5.41) is 0. The highest BCUT2D eigenvalue weighted by molar-refractivity contribution is 5.45. The fourth-order valence-electron chi connectivity index (χ4n) is 3.13. The lowest BCUT2D eigenvalue weighted by Crippen LogP contribution is -2.27. The summed E-state index contributed by atoms with van der Waals surface area (Å²) in [4.78, 5) is 12.6. The fourth-order valence-corrected chi connectivity index (χ4v) is 3.13. The van der Waals surface area contributed by atoms with Crippen molar-refractivity contribution in [2.24, 2.45) is 0 Å². The Labute approximate surface area is 153 Å². The monoisotopic (exact) mass is 358 g/mol. The molecule has 3 rings (SSSR count). The van der Waals surface area contributed by atoms with Gasteiger partial charge in [0.05, 0.1) is 19.8 Å². The molecule has 6 heteroatoms. The van der Waals surface area contributed by atoms with Crippen molar-refractivity contribution in [1.29, 1.82) is 0 Å². The Bertz CT molecular complexity index is 779. The SMILES string of the molecule is COc1ccc(Cn2ccc(C(C)OC3CCCCO3)c(N)c2=O)cc1. The molecule has 0 bridgehead atoms. The zero-order valence-corrected chi connectivity index (χ0v) is 15.3. The summed E-state index contributed by atoms with van der Waals surface area (Å²) in [7, 11) is 1.63. The van der Waals surface area contributed by atoms with E-state index in [-0.39, 0.29) is 23.6 Å². The minimum atomic E-state index is -0.290. The van der Waals surface area contributed by atoms with Gasteiger partial charge in [-0.3, -0.25) is 4.79 Å². The lowest BCUT2D eigenvalue weighted by atomic mass is 10.1. The third-order valence-electron chi connectivity index (χ3n) is 4.68. The van der Waals surface area contributed by atoms with Crippen LogP contribution in [-0.4, -0.2) is 24.6 Å². The van der Waals surface area contributed by atoms with Crippen LogP contribution in [0.2, 0.25) is 0 Å². The first kappa shape index (κ1) is 18.5. The molecule has 1 aromatic heterocycles. The van der Waals surface area contributed by atoms with Crippen LogP contribution in [0.3, 0.4) is 0 Å². The molecule has 2 N–H and O–H groups in total. The Balaban J connectivity index is 1.73. The molecule has 2 unspecified atom stereocenters. The number of ether oxygens (including phenoxy) is 3. The number of nitrogen functional groups attached to an aromatic ring is 1. The number of rotatable bonds is 6. The molecule has 26 heavy (non-hydrogen) atoms. The summed E-state index contributed by atoms with van der Waals surface area (Å²) in [6, 6.07) is 9.47. The van der Waals surface area contributed by atoms with Crippen LogP contribution in [0, 0.1) is 0 Å². The van der Waals surface area contributed by atoms with Crippen molar-refractivity contribution in [2.75, 3.05) is 19.5 Å². The molecular weight excluding hydrogens is 332 g/mol. The average Bonchev–Trinajstić information content (AvgIpc) is 2.67. The van der Waals surface area contributed by atoms with E-state index in [9.17, 15) is 4.79 Å². The maximum atomic E-state index is 12.6. The van der Waals surface area contributed by atoms with Gasteiger partial charge in [-0.05, 0) is 49.9 Å². The second-order valence-electron chi connectivity index (χ2n) is 6.54. The summed E-state index contributed by atoms with van der Waals surface area (Å²) < 4.78 is 18.3. The van der Waals surface area contributed by atoms with Gasteiger partial charge in [0.25, 0.3) is 5.56 Å². The summed E-state index contributed by atoms with van der Waals surface area (Å²) in [5.74, 6) is 0.784. The number of anilines is 1. The minimum Gasteiger partial charge on any atom is -0.497 e. The first-order chi connectivity index (χ1) is 12.6. The Morgan fingerprint density at radius 3 is 2.69 bits per heavy atom. The van der Waals surface area contributed by atoms with Gasteiger partial charge in [0.1, 0.15) is 11.4 Å². The fraction of sp³-hybridized carbons (Fsp3) is 0.450. The quantitative estimate of drug-likeness (QED) is 0.859. The van der Waals surface area contributed by atoms with E-state index in [1.807, 2.05) is 37.3 Å². The number of nitrogens with two attached hydrogens (primary N) is 1. The van der Waals surface area contributed by atoms with Gasteiger partial charge in [0.15, 0.2) is 6.29 Å². The molecule has 1 aromatic carbocycles. The number of aromatic nitrogens is 1. The molecule has 0 saturated carbocycles. The van der Waals surface area contributed by atoms with Gasteiger partial charge in [0.2, 0.25) is 0 Å². The van der Waals surface area contributed by atoms with Gasteiger partial charge in [-0.15, -0.1) is 0 Å². The third-order valence-corrected chi connectivity index (χ3v) is 4.68. The van der Waals surface area contributed by atoms with Gasteiger partial charge in [-0.1, -0.05) is 12.1 Å². The standard InChI is InChI=1S/C20H26N2O4/c1-14(26-18-5-3-4-12-25-18)17-10-11-22(20(23)19(17)21)13-15-6-8-16(24-2)9-7-15/h6-11,14,18H,3-5,12-13,21H2,1-2H3. The van der Waals surface area contributed by atoms with Gasteiger partial charge in [0, 0.05) is 18.4 Å². The highest BCUT2D eigenvalue weighted by atomic mass is 16.7. The second-order valence-corrected chi connectivity index (χ2v) is 6.54. The number of hydrogen-bond donors (Lipinski definition) is 1. The maximum Gasteiger partial charge on any atom is 0.274 e. The van der Waals surface area contributed by atoms with Gasteiger partial charge in [-0.25, -0.2) is 0 Å². The summed E-state index contributed by atoms with van der Waals surface area (Å²) in [5.41, 5.74) is 7.83. The average molecular weight is 358 g/mol. The number of pyridine rings is 1. The van der Waals surface area contributed by atoms with E-state index in [0.717, 1.165) is 37.2 Å². The van der Waals surface area contributed by atoms with E-state index < -0.39 is 0 Å². The van der Waals surface area contributed by atoms with Crippen LogP contribution in [-0.2, 0) is 16.0 Å². The van der Waals surface area contributed by atoms with Crippen molar-refractivity contribution in [2.45, 2.75) is 45.1 Å². The Morgan fingerprint density at radius 2 is 2.04 bits per heavy atom. The molecule has 1 saturated heterocycles. The Kier molecular flexibility index (Phi) is 5.96. The highest BCUT2D eigenvalue weighted by Gasteiger charge is 2.20. The number of nitrogens with zero attached hydrogens (tertiary/aromatic N) is 1. The zero-order chi connectivity index (χ0) is 18.5. The summed E-state index contributed by atoms with van der Waals surface area (Å²) >= 11 is 0. The van der Waals surface area contributed by atoms with Crippen LogP contribution in [0.25, 0.3) is 0 Å². The number of hydrogen-bond acceptors (Lipinski definition) is 5. The largest absolute Gasteiger partial charge is 0.497 e. The first-order valence-corrected chi connectivity index (χ1v) is 8.97. The molecule has 1 aliphatic heterocycles. The number of methoxy groups -OCH3 is 1. The first-order valence-electron chi connectivity index (χ1n) is 8.97. The minimum absolute atomic E-state index is 0.210. The highest BCUT2D eigenvalue weighted by Crippen LogP contribution is 2.25. The van der Waals surface area contributed by atoms with E-state index in [1.165, 1.54) is 0 Å². The van der Waals surface area contributed by atoms with E-state index in [0.29, 0.717) is 12.1 Å². The van der Waals surface area contributed by atoms with Crippen LogP contribution in [0.1, 0.15) is 43.4 Å². The van der Waals surface area contributed by atoms with Gasteiger partial charge >= 0.3 is 0 Å². The molecule has 2 aromatic rings. The predicted octanol–water partition coefficient (Wildman–Crippen LogP) is 3.09. The second kappa shape index (κ2) is 8.38. The van der Waals surface area contributed by atoms with Crippen molar-refractivity contribution < 1.29 is 14.2 Å². The molecule has 0 spiro atoms. The normalized spacial score (nSPS) is 18.5. The van der Waals surface area contributed by atoms with Crippen LogP contribution < -0.4 is 16.0 Å². The van der Waals surface area contributed by atoms with E-state index >= 15 is 0 Å². The lowest BCUT2D eigenvalue weighted by molar-refractivity contribution is -0.186. The van der Waals surface area contributed by atoms with E-state index in [4.69, 9.17) is 19.9 Å². The zero-order valence-electron chi connectivity index (χ0n) is 15.3. The van der Waals surface area contributed by atoms with E-state index in [2.05, 4.69) is 0 Å². The lowest BCUT2D eigenvalue weighted by Gasteiger charge is -2.26. The smallest absolute Gasteiger partial charge is 0.274 e. The molecule has 140 valence electrons. The summed E-state index contributed by atoms with van der Waals surface area (Å²) in [6.07, 6.45) is 4.29. The Hall–Kier alpha value is -2.31. The van der Waals surface area contributed by atoms with E-state index in [1.54, 1.807) is 17.9 Å². The van der Waals surface area contributed by atoms with Crippen molar-refractivity contribution in [3.63, 3.8) is 0 Å². The molecule has 2 atom stereocenters. The van der Waals surface area contributed by atoms with Crippen LogP contribution >= 0.6 is 0 Å². The molecule has 1 fully saturated rings. The van der Waals surface area contributed by atoms with Gasteiger partial charge < -0.3 is 24.5 Å². The maximum absolute atomic E-state index is 12.6. The van der Waals surface area contributed by atoms with Gasteiger partial charge in [-0.2, -0.15) is 0 Å². The van der Waals surface area contributed by atoms with Crippen LogP contribution in [0.15, 0.2) is 41.3 Å². The summed E-state index contributed by atoms with van der Waals surface area (Å²) in [6.45, 7) is 3.07. The third kappa shape index (κ3) is 4.26. The van der Waals surface area contributed by atoms with Crippen LogP contribution in [0.5, 0.6) is 5.75 Å². The van der Waals surface area contributed by atoms with Crippen molar-refractivity contribution in [3.8, 4) is 5.75 Å². The number of benzene rings is 1. The molecule has 0 aliphatic carbocycles. The van der Waals surface area contributed by atoms with Crippen molar-refractivity contribution in [1.82, 2.24) is 4.57 Å². The topological polar surface area (TPSA) is 75.7 Å². The van der Waals surface area contributed by atoms with Crippen molar-refractivity contribution >= 4 is 5.69 Å². The molecule has 2 heterocycles. The molecule has 1 aliphatic rings. The van der Waals surface area contributed by atoms with Crippen molar-refractivity contribution in [3.05, 3.63) is 58.0 Å². The van der Waals surface area contributed by atoms with Crippen LogP contribution in [0.4, 0.5) is 5.69 Å². The Morgan fingerprint density at radius 1 is 1.27 bits per heavy atom. The predicted molar refractivity (Wildman–Crippen MR) is 100 cm³/mol.